The van der Waals surface area contributed by atoms with Crippen molar-refractivity contribution < 1.29 is 14.7 Å². The number of phenolic OH excluding ortho intramolecular Hbond substituents is 1. The summed E-state index contributed by atoms with van der Waals surface area (Å²) in [7, 11) is 0. The molecule has 0 saturated heterocycles. The summed E-state index contributed by atoms with van der Waals surface area (Å²) in [6, 6.07) is 6.94. The number of carbonyl (C=O) groups excluding carboxylic acids is 2. The van der Waals surface area contributed by atoms with Crippen LogP contribution in [0, 0.1) is 26.2 Å². The van der Waals surface area contributed by atoms with Crippen LogP contribution in [0.1, 0.15) is 47.1 Å². The van der Waals surface area contributed by atoms with E-state index in [9.17, 15) is 14.7 Å². The lowest BCUT2D eigenvalue weighted by atomic mass is 9.96. The van der Waals surface area contributed by atoms with Gasteiger partial charge in [0.25, 0.3) is 5.91 Å². The minimum atomic E-state index is -0.538. The molecule has 0 atom stereocenters. The number of hydrogen-bond acceptors (Lipinski definition) is 7. The van der Waals surface area contributed by atoms with E-state index in [-0.39, 0.29) is 17.6 Å². The maximum Gasteiger partial charge on any atom is 0.267 e. The lowest BCUT2D eigenvalue weighted by Crippen LogP contribution is -2.28. The summed E-state index contributed by atoms with van der Waals surface area (Å²) in [5.41, 5.74) is 2.37. The van der Waals surface area contributed by atoms with Gasteiger partial charge in [0.1, 0.15) is 22.3 Å². The van der Waals surface area contributed by atoms with E-state index >= 15 is 0 Å². The van der Waals surface area contributed by atoms with Gasteiger partial charge in [-0.1, -0.05) is 44.2 Å². The Morgan fingerprint density at radius 1 is 1.00 bits per heavy atom. The van der Waals surface area contributed by atoms with Crippen LogP contribution in [0.3, 0.4) is 0 Å². The number of aromatic nitrogens is 2. The second-order valence-corrected chi connectivity index (χ2v) is 9.61. The second kappa shape index (κ2) is 8.96. The number of aryl methyl sites for hydroxylation is 2. The highest BCUT2D eigenvalue weighted by atomic mass is 32.1. The van der Waals surface area contributed by atoms with E-state index in [0.29, 0.717) is 32.9 Å². The third kappa shape index (κ3) is 5.23. The average Bonchev–Trinajstić information content (AvgIpc) is 3.18. The Bertz CT molecular complexity index is 1180. The quantitative estimate of drug-likeness (QED) is 0.425. The average molecular weight is 454 g/mol. The molecule has 0 radical (unpaired) electrons. The van der Waals surface area contributed by atoms with E-state index in [1.54, 1.807) is 25.1 Å². The van der Waals surface area contributed by atoms with Gasteiger partial charge < -0.3 is 21.1 Å². The van der Waals surface area contributed by atoms with Crippen LogP contribution in [0.15, 0.2) is 30.5 Å². The molecule has 0 unspecified atom stereocenters. The van der Waals surface area contributed by atoms with Gasteiger partial charge in [-0.2, -0.15) is 0 Å². The van der Waals surface area contributed by atoms with Gasteiger partial charge in [-0.3, -0.25) is 9.59 Å². The van der Waals surface area contributed by atoms with E-state index in [4.69, 9.17) is 0 Å². The predicted octanol–water partition coefficient (Wildman–Crippen LogP) is 5.15. The van der Waals surface area contributed by atoms with E-state index in [0.717, 1.165) is 11.1 Å². The molecule has 9 heteroatoms. The Morgan fingerprint density at radius 2 is 1.69 bits per heavy atom. The molecule has 0 bridgehead atoms. The molecule has 2 amide bonds. The highest BCUT2D eigenvalue weighted by Gasteiger charge is 2.22. The zero-order valence-electron chi connectivity index (χ0n) is 19.0. The van der Waals surface area contributed by atoms with Crippen molar-refractivity contribution in [1.82, 2.24) is 9.97 Å². The van der Waals surface area contributed by atoms with Crippen LogP contribution in [0.4, 0.5) is 22.5 Å². The first kappa shape index (κ1) is 23.2. The Hall–Kier alpha value is -3.46. The number of phenols is 1. The Kier molecular flexibility index (Phi) is 6.50. The van der Waals surface area contributed by atoms with Crippen LogP contribution in [0.5, 0.6) is 5.75 Å². The SMILES string of the molecule is Cc1ccc(NC(=O)C(C)(C)C)nc1Nc1ncc(C(=O)Nc2c(C)ccc(O)c2C)s1. The van der Waals surface area contributed by atoms with E-state index in [1.165, 1.54) is 17.5 Å². The molecule has 2 heterocycles. The molecule has 0 saturated carbocycles. The van der Waals surface area contributed by atoms with Gasteiger partial charge in [0.15, 0.2) is 5.13 Å². The zero-order chi connectivity index (χ0) is 23.6. The van der Waals surface area contributed by atoms with Crippen LogP contribution in [0.2, 0.25) is 0 Å². The molecule has 3 aromatic rings. The monoisotopic (exact) mass is 453 g/mol. The summed E-state index contributed by atoms with van der Waals surface area (Å²) in [4.78, 5) is 34.1. The topological polar surface area (TPSA) is 116 Å². The molecule has 168 valence electrons. The molecule has 2 aromatic heterocycles. The van der Waals surface area contributed by atoms with E-state index < -0.39 is 5.41 Å². The standard InChI is InChI=1S/C23H27N5O3S/c1-12-7-9-15(29)14(3)18(12)27-20(30)16-11-24-22(32-16)28-19-13(2)8-10-17(25-19)26-21(31)23(4,5)6/h7-11,29H,1-6H3,(H,27,30)(H2,24,25,26,28,31). The normalized spacial score (nSPS) is 11.2. The molecule has 1 aromatic carbocycles. The maximum atomic E-state index is 12.7. The molecule has 8 nitrogen and oxygen atoms in total. The molecule has 0 aliphatic heterocycles. The summed E-state index contributed by atoms with van der Waals surface area (Å²) < 4.78 is 0. The van der Waals surface area contributed by atoms with Crippen LogP contribution in [-0.2, 0) is 4.79 Å². The third-order valence-corrected chi connectivity index (χ3v) is 5.77. The third-order valence-electron chi connectivity index (χ3n) is 4.86. The number of aromatic hydroxyl groups is 1. The van der Waals surface area contributed by atoms with Gasteiger partial charge in [-0.15, -0.1) is 0 Å². The van der Waals surface area contributed by atoms with Crippen LogP contribution >= 0.6 is 11.3 Å². The summed E-state index contributed by atoms with van der Waals surface area (Å²) >= 11 is 1.18. The van der Waals surface area contributed by atoms with Gasteiger partial charge in [0, 0.05) is 11.0 Å². The summed E-state index contributed by atoms with van der Waals surface area (Å²) in [6.45, 7) is 11.0. The fourth-order valence-electron chi connectivity index (χ4n) is 2.77. The van der Waals surface area contributed by atoms with E-state index in [1.807, 2.05) is 40.7 Å². The summed E-state index contributed by atoms with van der Waals surface area (Å²) in [5.74, 6) is 0.645. The number of carbonyl (C=O) groups is 2. The molecule has 0 aliphatic carbocycles. The van der Waals surface area contributed by atoms with Gasteiger partial charge in [-0.05, 0) is 44.0 Å². The molecule has 32 heavy (non-hydrogen) atoms. The van der Waals surface area contributed by atoms with Crippen molar-refractivity contribution in [2.75, 3.05) is 16.0 Å². The lowest BCUT2D eigenvalue weighted by Gasteiger charge is -2.17. The molecular weight excluding hydrogens is 426 g/mol. The number of rotatable bonds is 5. The van der Waals surface area contributed by atoms with Crippen LogP contribution in [0.25, 0.3) is 0 Å². The van der Waals surface area contributed by atoms with Gasteiger partial charge in [-0.25, -0.2) is 9.97 Å². The second-order valence-electron chi connectivity index (χ2n) is 8.58. The maximum absolute atomic E-state index is 12.7. The number of benzene rings is 1. The molecule has 0 aliphatic rings. The van der Waals surface area contributed by atoms with Crippen molar-refractivity contribution >= 4 is 45.6 Å². The molecular formula is C23H27N5O3S. The van der Waals surface area contributed by atoms with Crippen molar-refractivity contribution in [3.63, 3.8) is 0 Å². The minimum Gasteiger partial charge on any atom is -0.508 e. The predicted molar refractivity (Wildman–Crippen MR) is 128 cm³/mol. The van der Waals surface area contributed by atoms with Gasteiger partial charge in [0.2, 0.25) is 5.91 Å². The Labute approximate surface area is 191 Å². The first-order valence-electron chi connectivity index (χ1n) is 10.1. The summed E-state index contributed by atoms with van der Waals surface area (Å²) in [6.07, 6.45) is 1.48. The van der Waals surface area contributed by atoms with E-state index in [2.05, 4.69) is 25.9 Å². The minimum absolute atomic E-state index is 0.123. The first-order chi connectivity index (χ1) is 15.0. The number of anilines is 4. The van der Waals surface area contributed by atoms with Gasteiger partial charge >= 0.3 is 0 Å². The Balaban J connectivity index is 1.75. The van der Waals surface area contributed by atoms with Gasteiger partial charge in [0.05, 0.1) is 11.9 Å². The highest BCUT2D eigenvalue weighted by molar-refractivity contribution is 7.17. The number of amides is 2. The van der Waals surface area contributed by atoms with Crippen LogP contribution in [-0.4, -0.2) is 26.9 Å². The molecule has 0 fully saturated rings. The number of thiazole rings is 1. The molecule has 3 rings (SSSR count). The lowest BCUT2D eigenvalue weighted by molar-refractivity contribution is -0.123. The molecule has 4 N–H and O–H groups in total. The van der Waals surface area contributed by atoms with Crippen molar-refractivity contribution in [3.8, 4) is 5.75 Å². The van der Waals surface area contributed by atoms with Crippen molar-refractivity contribution in [2.24, 2.45) is 5.41 Å². The fraction of sp³-hybridized carbons (Fsp3) is 0.304. The first-order valence-corrected chi connectivity index (χ1v) is 10.9. The van der Waals surface area contributed by atoms with Crippen molar-refractivity contribution in [3.05, 3.63) is 52.0 Å². The number of pyridine rings is 1. The Morgan fingerprint density at radius 3 is 2.38 bits per heavy atom. The zero-order valence-corrected chi connectivity index (χ0v) is 19.8. The van der Waals surface area contributed by atoms with Crippen LogP contribution < -0.4 is 16.0 Å². The highest BCUT2D eigenvalue weighted by Crippen LogP contribution is 2.30. The van der Waals surface area contributed by atoms with Crippen molar-refractivity contribution in [2.45, 2.75) is 41.5 Å². The molecule has 0 spiro atoms. The largest absolute Gasteiger partial charge is 0.508 e. The summed E-state index contributed by atoms with van der Waals surface area (Å²) in [5, 5.41) is 19.2. The fourth-order valence-corrected chi connectivity index (χ4v) is 3.48. The smallest absolute Gasteiger partial charge is 0.267 e. The van der Waals surface area contributed by atoms with Crippen molar-refractivity contribution in [1.29, 1.82) is 0 Å². The number of nitrogens with zero attached hydrogens (tertiary/aromatic N) is 2. The number of nitrogens with one attached hydrogen (secondary N) is 3. The number of hydrogen-bond donors (Lipinski definition) is 4.